The summed E-state index contributed by atoms with van der Waals surface area (Å²) in [5, 5.41) is 2.87. The fourth-order valence-corrected chi connectivity index (χ4v) is 2.89. The molecule has 3 N–H and O–H groups in total. The first-order valence-electron chi connectivity index (χ1n) is 7.00. The first-order chi connectivity index (χ1) is 8.78. The maximum absolute atomic E-state index is 11.6. The van der Waals surface area contributed by atoms with Gasteiger partial charge in [-0.15, -0.1) is 0 Å². The predicted octanol–water partition coefficient (Wildman–Crippen LogP) is 2.09. The first kappa shape index (κ1) is 16.0. The maximum atomic E-state index is 11.6. The van der Waals surface area contributed by atoms with Crippen LogP contribution in [0.2, 0.25) is 25.7 Å². The van der Waals surface area contributed by atoms with Gasteiger partial charge in [0, 0.05) is 20.0 Å². The highest BCUT2D eigenvalue weighted by Crippen LogP contribution is 2.23. The van der Waals surface area contributed by atoms with Gasteiger partial charge in [-0.1, -0.05) is 19.6 Å². The molecule has 2 amide bonds. The Balaban J connectivity index is 2.18. The van der Waals surface area contributed by atoms with E-state index in [-0.39, 0.29) is 24.0 Å². The Morgan fingerprint density at radius 1 is 1.21 bits per heavy atom. The number of rotatable bonds is 5. The van der Waals surface area contributed by atoms with Crippen LogP contribution < -0.4 is 11.1 Å². The van der Waals surface area contributed by atoms with Crippen molar-refractivity contribution in [3.8, 4) is 0 Å². The summed E-state index contributed by atoms with van der Waals surface area (Å²) >= 11 is 0. The molecule has 5 nitrogen and oxygen atoms in total. The van der Waals surface area contributed by atoms with Gasteiger partial charge < -0.3 is 15.8 Å². The third-order valence-corrected chi connectivity index (χ3v) is 5.24. The van der Waals surface area contributed by atoms with Crippen LogP contribution in [0.15, 0.2) is 0 Å². The second-order valence-electron chi connectivity index (χ2n) is 6.54. The zero-order valence-corrected chi connectivity index (χ0v) is 13.2. The molecule has 0 spiro atoms. The number of carbonyl (C=O) groups excluding carboxylic acids is 2. The van der Waals surface area contributed by atoms with Gasteiger partial charge in [0.05, 0.1) is 6.61 Å². The molecule has 1 aliphatic carbocycles. The SMILES string of the molecule is C[Si](C)(C)CCOC(=O)N[C@H]1CC[C@H](C(N)=O)CC1. The number of ether oxygens (including phenoxy) is 1. The number of amides is 2. The Kier molecular flexibility index (Phi) is 5.84. The summed E-state index contributed by atoms with van der Waals surface area (Å²) in [6, 6.07) is 1.10. The molecule has 1 aliphatic rings. The Labute approximate surface area is 116 Å². The van der Waals surface area contributed by atoms with E-state index in [0.717, 1.165) is 31.7 Å². The van der Waals surface area contributed by atoms with E-state index >= 15 is 0 Å². The lowest BCUT2D eigenvalue weighted by molar-refractivity contribution is -0.122. The molecular formula is C13H26N2O3Si. The number of alkyl carbamates (subject to hydrolysis) is 1. The summed E-state index contributed by atoms with van der Waals surface area (Å²) in [6.45, 7) is 7.25. The van der Waals surface area contributed by atoms with E-state index in [2.05, 4.69) is 25.0 Å². The molecule has 0 saturated heterocycles. The minimum atomic E-state index is -1.15. The molecule has 1 rings (SSSR count). The average Bonchev–Trinajstić information content (AvgIpc) is 2.27. The standard InChI is InChI=1S/C13H26N2O3Si/c1-19(2,3)9-8-18-13(17)15-11-6-4-10(5-7-11)12(14)16/h10-11H,4-9H2,1-3H3,(H2,14,16)(H,15,17)/t10-,11-. The Morgan fingerprint density at radius 3 is 2.26 bits per heavy atom. The van der Waals surface area contributed by atoms with Crippen LogP contribution in [0.25, 0.3) is 0 Å². The molecule has 0 atom stereocenters. The van der Waals surface area contributed by atoms with Crippen LogP contribution in [-0.4, -0.2) is 32.7 Å². The van der Waals surface area contributed by atoms with Gasteiger partial charge in [-0.05, 0) is 31.7 Å². The van der Waals surface area contributed by atoms with Crippen molar-refractivity contribution in [1.29, 1.82) is 0 Å². The van der Waals surface area contributed by atoms with Gasteiger partial charge in [0.2, 0.25) is 5.91 Å². The van der Waals surface area contributed by atoms with Gasteiger partial charge in [0.25, 0.3) is 0 Å². The van der Waals surface area contributed by atoms with Crippen molar-refractivity contribution in [2.24, 2.45) is 11.7 Å². The minimum absolute atomic E-state index is 0.0269. The number of hydrogen-bond donors (Lipinski definition) is 2. The molecule has 0 aromatic rings. The van der Waals surface area contributed by atoms with Crippen molar-refractivity contribution in [2.75, 3.05) is 6.61 Å². The fourth-order valence-electron chi connectivity index (χ4n) is 2.18. The molecular weight excluding hydrogens is 260 g/mol. The van der Waals surface area contributed by atoms with Crippen molar-refractivity contribution in [2.45, 2.75) is 57.4 Å². The van der Waals surface area contributed by atoms with Crippen LogP contribution in [0.5, 0.6) is 0 Å². The summed E-state index contributed by atoms with van der Waals surface area (Å²) in [4.78, 5) is 22.6. The highest BCUT2D eigenvalue weighted by atomic mass is 28.3. The van der Waals surface area contributed by atoms with E-state index in [1.54, 1.807) is 0 Å². The monoisotopic (exact) mass is 286 g/mol. The number of carbonyl (C=O) groups is 2. The van der Waals surface area contributed by atoms with Crippen LogP contribution in [0.1, 0.15) is 25.7 Å². The summed E-state index contributed by atoms with van der Waals surface area (Å²) in [7, 11) is -1.15. The molecule has 0 heterocycles. The molecule has 6 heteroatoms. The van der Waals surface area contributed by atoms with E-state index in [9.17, 15) is 9.59 Å². The lowest BCUT2D eigenvalue weighted by atomic mass is 9.86. The van der Waals surface area contributed by atoms with Crippen LogP contribution in [0, 0.1) is 5.92 Å². The average molecular weight is 286 g/mol. The van der Waals surface area contributed by atoms with Gasteiger partial charge >= 0.3 is 6.09 Å². The van der Waals surface area contributed by atoms with Crippen molar-refractivity contribution in [1.82, 2.24) is 5.32 Å². The summed E-state index contributed by atoms with van der Waals surface area (Å²) in [5.74, 6) is -0.253. The maximum Gasteiger partial charge on any atom is 0.407 e. The largest absolute Gasteiger partial charge is 0.450 e. The summed E-state index contributed by atoms with van der Waals surface area (Å²) in [6.07, 6.45) is 2.79. The second kappa shape index (κ2) is 6.93. The van der Waals surface area contributed by atoms with Gasteiger partial charge in [-0.3, -0.25) is 4.79 Å². The van der Waals surface area contributed by atoms with Crippen molar-refractivity contribution in [3.05, 3.63) is 0 Å². The molecule has 1 fully saturated rings. The molecule has 0 aromatic carbocycles. The number of primary amides is 1. The van der Waals surface area contributed by atoms with Crippen LogP contribution in [0.4, 0.5) is 4.79 Å². The van der Waals surface area contributed by atoms with Crippen molar-refractivity contribution < 1.29 is 14.3 Å². The van der Waals surface area contributed by atoms with Crippen molar-refractivity contribution >= 4 is 20.1 Å². The predicted molar refractivity (Wildman–Crippen MR) is 77.6 cm³/mol. The lowest BCUT2D eigenvalue weighted by Gasteiger charge is -2.27. The van der Waals surface area contributed by atoms with Gasteiger partial charge in [0.1, 0.15) is 0 Å². The smallest absolute Gasteiger partial charge is 0.407 e. The molecule has 1 saturated carbocycles. The minimum Gasteiger partial charge on any atom is -0.450 e. The van der Waals surface area contributed by atoms with E-state index < -0.39 is 8.07 Å². The second-order valence-corrected chi connectivity index (χ2v) is 12.2. The van der Waals surface area contributed by atoms with Crippen LogP contribution in [-0.2, 0) is 9.53 Å². The first-order valence-corrected chi connectivity index (χ1v) is 10.7. The van der Waals surface area contributed by atoms with Crippen molar-refractivity contribution in [3.63, 3.8) is 0 Å². The zero-order chi connectivity index (χ0) is 14.5. The molecule has 0 bridgehead atoms. The van der Waals surface area contributed by atoms with E-state index in [4.69, 9.17) is 10.5 Å². The molecule has 0 unspecified atom stereocenters. The topological polar surface area (TPSA) is 81.4 Å². The third kappa shape index (κ3) is 6.61. The highest BCUT2D eigenvalue weighted by Gasteiger charge is 2.25. The third-order valence-electron chi connectivity index (χ3n) is 3.54. The zero-order valence-electron chi connectivity index (χ0n) is 12.2. The summed E-state index contributed by atoms with van der Waals surface area (Å²) < 4.78 is 5.19. The molecule has 19 heavy (non-hydrogen) atoms. The van der Waals surface area contributed by atoms with Gasteiger partial charge in [-0.25, -0.2) is 4.79 Å². The molecule has 0 aromatic heterocycles. The number of hydrogen-bond acceptors (Lipinski definition) is 3. The molecule has 110 valence electrons. The Bertz CT molecular complexity index is 320. The van der Waals surface area contributed by atoms with Crippen LogP contribution >= 0.6 is 0 Å². The van der Waals surface area contributed by atoms with Crippen LogP contribution in [0.3, 0.4) is 0 Å². The summed E-state index contributed by atoms with van der Waals surface area (Å²) in [5.41, 5.74) is 5.27. The highest BCUT2D eigenvalue weighted by molar-refractivity contribution is 6.76. The van der Waals surface area contributed by atoms with Gasteiger partial charge in [-0.2, -0.15) is 0 Å². The van der Waals surface area contributed by atoms with E-state index in [1.165, 1.54) is 0 Å². The van der Waals surface area contributed by atoms with E-state index in [0.29, 0.717) is 6.61 Å². The van der Waals surface area contributed by atoms with E-state index in [1.807, 2.05) is 0 Å². The van der Waals surface area contributed by atoms with Gasteiger partial charge in [0.15, 0.2) is 0 Å². The number of nitrogens with two attached hydrogens (primary N) is 1. The number of nitrogens with one attached hydrogen (secondary N) is 1. The lowest BCUT2D eigenvalue weighted by Crippen LogP contribution is -2.40. The normalized spacial score (nSPS) is 23.7. The Morgan fingerprint density at radius 2 is 1.79 bits per heavy atom. The quantitative estimate of drug-likeness (QED) is 0.759. The Hall–Kier alpha value is -1.04. The molecule has 0 aliphatic heterocycles. The fraction of sp³-hybridized carbons (Fsp3) is 0.846. The molecule has 0 radical (unpaired) electrons.